The summed E-state index contributed by atoms with van der Waals surface area (Å²) in [6, 6.07) is -0.0243. The largest absolute Gasteiger partial charge is 0.375 e. The SMILES string of the molecule is CCCO[C@@H]1CNCC[C@@H]1NC(=O)c1[nH]c(C)c(Cl)c1Cl. The maximum atomic E-state index is 12.4. The maximum Gasteiger partial charge on any atom is 0.269 e. The Morgan fingerprint density at radius 2 is 2.19 bits per heavy atom. The van der Waals surface area contributed by atoms with E-state index < -0.39 is 0 Å². The van der Waals surface area contributed by atoms with E-state index in [1.807, 2.05) is 0 Å². The molecule has 7 heteroatoms. The van der Waals surface area contributed by atoms with Gasteiger partial charge in [0.15, 0.2) is 0 Å². The van der Waals surface area contributed by atoms with Gasteiger partial charge in [0.1, 0.15) is 5.69 Å². The van der Waals surface area contributed by atoms with Crippen molar-refractivity contribution in [1.82, 2.24) is 15.6 Å². The number of ether oxygens (including phenoxy) is 1. The summed E-state index contributed by atoms with van der Waals surface area (Å²) in [5, 5.41) is 6.94. The van der Waals surface area contributed by atoms with Crippen LogP contribution in [0.4, 0.5) is 0 Å². The van der Waals surface area contributed by atoms with E-state index in [1.165, 1.54) is 0 Å². The Hall–Kier alpha value is -0.750. The molecule has 2 atom stereocenters. The summed E-state index contributed by atoms with van der Waals surface area (Å²) >= 11 is 12.1. The van der Waals surface area contributed by atoms with E-state index in [9.17, 15) is 4.79 Å². The number of hydrogen-bond donors (Lipinski definition) is 3. The molecule has 0 radical (unpaired) electrons. The van der Waals surface area contributed by atoms with Crippen molar-refractivity contribution in [2.75, 3.05) is 19.7 Å². The first kappa shape index (κ1) is 16.6. The van der Waals surface area contributed by atoms with Crippen LogP contribution < -0.4 is 10.6 Å². The van der Waals surface area contributed by atoms with E-state index in [4.69, 9.17) is 27.9 Å². The zero-order chi connectivity index (χ0) is 15.4. The minimum atomic E-state index is -0.244. The smallest absolute Gasteiger partial charge is 0.269 e. The predicted octanol–water partition coefficient (Wildman–Crippen LogP) is 2.52. The Morgan fingerprint density at radius 1 is 1.43 bits per heavy atom. The molecule has 2 heterocycles. The topological polar surface area (TPSA) is 66.2 Å². The van der Waals surface area contributed by atoms with E-state index in [0.29, 0.717) is 23.0 Å². The van der Waals surface area contributed by atoms with E-state index in [2.05, 4.69) is 22.5 Å². The number of amides is 1. The summed E-state index contributed by atoms with van der Waals surface area (Å²) in [6.45, 7) is 6.13. The molecule has 0 spiro atoms. The molecule has 3 N–H and O–H groups in total. The molecule has 1 aromatic heterocycles. The Kier molecular flexibility index (Phi) is 5.93. The number of rotatable bonds is 5. The molecule has 1 saturated heterocycles. The van der Waals surface area contributed by atoms with Crippen LogP contribution in [0, 0.1) is 6.92 Å². The van der Waals surface area contributed by atoms with Crippen LogP contribution in [-0.4, -0.2) is 42.7 Å². The summed E-state index contributed by atoms with van der Waals surface area (Å²) < 4.78 is 5.79. The van der Waals surface area contributed by atoms with Gasteiger partial charge in [-0.3, -0.25) is 4.79 Å². The number of piperidine rings is 1. The molecule has 1 aromatic rings. The van der Waals surface area contributed by atoms with E-state index >= 15 is 0 Å². The van der Waals surface area contributed by atoms with E-state index in [1.54, 1.807) is 6.92 Å². The summed E-state index contributed by atoms with van der Waals surface area (Å²) in [7, 11) is 0. The van der Waals surface area contributed by atoms with Crippen molar-refractivity contribution in [3.63, 3.8) is 0 Å². The fraction of sp³-hybridized carbons (Fsp3) is 0.643. The molecule has 1 aliphatic heterocycles. The first-order valence-electron chi connectivity index (χ1n) is 7.21. The fourth-order valence-electron chi connectivity index (χ4n) is 2.41. The molecular weight excluding hydrogens is 313 g/mol. The van der Waals surface area contributed by atoms with Crippen molar-refractivity contribution in [1.29, 1.82) is 0 Å². The molecular formula is C14H21Cl2N3O2. The molecule has 0 saturated carbocycles. The number of H-pyrrole nitrogens is 1. The highest BCUT2D eigenvalue weighted by molar-refractivity contribution is 6.44. The average molecular weight is 334 g/mol. The molecule has 118 valence electrons. The lowest BCUT2D eigenvalue weighted by Crippen LogP contribution is -2.54. The van der Waals surface area contributed by atoms with Crippen molar-refractivity contribution < 1.29 is 9.53 Å². The van der Waals surface area contributed by atoms with Gasteiger partial charge in [-0.15, -0.1) is 0 Å². The molecule has 0 aliphatic carbocycles. The molecule has 5 nitrogen and oxygen atoms in total. The van der Waals surface area contributed by atoms with Crippen LogP contribution in [0.5, 0.6) is 0 Å². The van der Waals surface area contributed by atoms with Gasteiger partial charge in [0, 0.05) is 18.8 Å². The van der Waals surface area contributed by atoms with Crippen molar-refractivity contribution in [2.45, 2.75) is 38.8 Å². The van der Waals surface area contributed by atoms with E-state index in [0.717, 1.165) is 25.9 Å². The van der Waals surface area contributed by atoms with Crippen LogP contribution in [0.1, 0.15) is 35.9 Å². The number of aromatic amines is 1. The number of nitrogens with one attached hydrogen (secondary N) is 3. The lowest BCUT2D eigenvalue weighted by molar-refractivity contribution is 0.0142. The summed E-state index contributed by atoms with van der Waals surface area (Å²) in [6.07, 6.45) is 1.76. The minimum absolute atomic E-state index is 0.0204. The number of aromatic nitrogens is 1. The second-order valence-electron chi connectivity index (χ2n) is 5.23. The van der Waals surface area contributed by atoms with Crippen molar-refractivity contribution in [3.05, 3.63) is 21.4 Å². The van der Waals surface area contributed by atoms with Crippen LogP contribution in [0.3, 0.4) is 0 Å². The lowest BCUT2D eigenvalue weighted by Gasteiger charge is -2.32. The Morgan fingerprint density at radius 3 is 2.81 bits per heavy atom. The van der Waals surface area contributed by atoms with Crippen LogP contribution in [0.15, 0.2) is 0 Å². The van der Waals surface area contributed by atoms with Gasteiger partial charge in [-0.1, -0.05) is 30.1 Å². The summed E-state index contributed by atoms with van der Waals surface area (Å²) in [5.41, 5.74) is 1.00. The van der Waals surface area contributed by atoms with Crippen molar-refractivity contribution >= 4 is 29.1 Å². The zero-order valence-corrected chi connectivity index (χ0v) is 13.8. The number of hydrogen-bond acceptors (Lipinski definition) is 3. The summed E-state index contributed by atoms with van der Waals surface area (Å²) in [5.74, 6) is -0.244. The highest BCUT2D eigenvalue weighted by Gasteiger charge is 2.28. The lowest BCUT2D eigenvalue weighted by atomic mass is 10.0. The van der Waals surface area contributed by atoms with Crippen molar-refractivity contribution in [2.24, 2.45) is 0 Å². The minimum Gasteiger partial charge on any atom is -0.375 e. The third-order valence-corrected chi connectivity index (χ3v) is 4.51. The van der Waals surface area contributed by atoms with Crippen LogP contribution >= 0.6 is 23.2 Å². The van der Waals surface area contributed by atoms with Crippen LogP contribution in [0.2, 0.25) is 10.0 Å². The van der Waals surface area contributed by atoms with Gasteiger partial charge in [0.05, 0.1) is 22.2 Å². The Balaban J connectivity index is 2.04. The average Bonchev–Trinajstić information content (AvgIpc) is 2.74. The maximum absolute atomic E-state index is 12.4. The van der Waals surface area contributed by atoms with Gasteiger partial charge in [-0.2, -0.15) is 0 Å². The first-order chi connectivity index (χ1) is 10.0. The van der Waals surface area contributed by atoms with Crippen LogP contribution in [-0.2, 0) is 4.74 Å². The molecule has 0 aromatic carbocycles. The van der Waals surface area contributed by atoms with Crippen molar-refractivity contribution in [3.8, 4) is 0 Å². The summed E-state index contributed by atoms with van der Waals surface area (Å²) in [4.78, 5) is 15.3. The quantitative estimate of drug-likeness (QED) is 0.775. The van der Waals surface area contributed by atoms with E-state index in [-0.39, 0.29) is 23.1 Å². The molecule has 1 aliphatic rings. The number of carbonyl (C=O) groups is 1. The van der Waals surface area contributed by atoms with Gasteiger partial charge < -0.3 is 20.4 Å². The predicted molar refractivity (Wildman–Crippen MR) is 84.3 cm³/mol. The molecule has 1 amide bonds. The van der Waals surface area contributed by atoms with Gasteiger partial charge in [0.25, 0.3) is 5.91 Å². The third-order valence-electron chi connectivity index (χ3n) is 3.56. The highest BCUT2D eigenvalue weighted by Crippen LogP contribution is 2.29. The van der Waals surface area contributed by atoms with Crippen LogP contribution in [0.25, 0.3) is 0 Å². The number of halogens is 2. The fourth-order valence-corrected chi connectivity index (χ4v) is 2.82. The van der Waals surface area contributed by atoms with Gasteiger partial charge in [-0.25, -0.2) is 0 Å². The number of aryl methyl sites for hydroxylation is 1. The Bertz CT molecular complexity index is 505. The highest BCUT2D eigenvalue weighted by atomic mass is 35.5. The Labute approximate surface area is 134 Å². The first-order valence-corrected chi connectivity index (χ1v) is 7.97. The zero-order valence-electron chi connectivity index (χ0n) is 12.3. The molecule has 21 heavy (non-hydrogen) atoms. The second kappa shape index (κ2) is 7.49. The molecule has 2 rings (SSSR count). The number of carbonyl (C=O) groups excluding carboxylic acids is 1. The van der Waals surface area contributed by atoms with Gasteiger partial charge in [0.2, 0.25) is 0 Å². The molecule has 0 bridgehead atoms. The standard InChI is InChI=1S/C14H21Cl2N3O2/c1-3-6-21-10-7-17-5-4-9(10)19-14(20)13-12(16)11(15)8(2)18-13/h9-10,17-18H,3-7H2,1-2H3,(H,19,20)/t9-,10+/m0/s1. The van der Waals surface area contributed by atoms with Gasteiger partial charge >= 0.3 is 0 Å². The molecule has 0 unspecified atom stereocenters. The van der Waals surface area contributed by atoms with Gasteiger partial charge in [-0.05, 0) is 26.3 Å². The third kappa shape index (κ3) is 3.92. The molecule has 1 fully saturated rings. The second-order valence-corrected chi connectivity index (χ2v) is 5.99. The monoisotopic (exact) mass is 333 g/mol. The normalized spacial score (nSPS) is 22.3.